The molecule has 0 bridgehead atoms. The molecule has 1 aliphatic carbocycles. The van der Waals surface area contributed by atoms with Crippen LogP contribution in [0.1, 0.15) is 49.8 Å². The molecule has 1 aliphatic heterocycles. The quantitative estimate of drug-likeness (QED) is 0.815. The normalized spacial score (nSPS) is 27.5. The van der Waals surface area contributed by atoms with E-state index in [2.05, 4.69) is 22.0 Å². The summed E-state index contributed by atoms with van der Waals surface area (Å²) >= 11 is 0. The molecule has 2 fully saturated rings. The predicted molar refractivity (Wildman–Crippen MR) is 74.3 cm³/mol. The Balaban J connectivity index is 1.76. The minimum absolute atomic E-state index is 0.598. The van der Waals surface area contributed by atoms with Crippen LogP contribution in [0.4, 0.5) is 0 Å². The van der Waals surface area contributed by atoms with Gasteiger partial charge in [0.05, 0.1) is 0 Å². The van der Waals surface area contributed by atoms with Gasteiger partial charge in [-0.25, -0.2) is 4.98 Å². The van der Waals surface area contributed by atoms with Gasteiger partial charge in [0.15, 0.2) is 0 Å². The van der Waals surface area contributed by atoms with Crippen molar-refractivity contribution in [2.24, 2.45) is 5.92 Å². The Hall–Kier alpha value is -1.40. The summed E-state index contributed by atoms with van der Waals surface area (Å²) in [7, 11) is 0. The fraction of sp³-hybridized carbons (Fsp3) is 0.625. The minimum atomic E-state index is 0.598. The molecule has 1 saturated carbocycles. The Kier molecular flexibility index (Phi) is 3.79. The zero-order chi connectivity index (χ0) is 13.1. The summed E-state index contributed by atoms with van der Waals surface area (Å²) in [4.78, 5) is 6.78. The number of rotatable bonds is 2. The molecule has 0 N–H and O–H groups in total. The van der Waals surface area contributed by atoms with Gasteiger partial charge >= 0.3 is 0 Å². The van der Waals surface area contributed by atoms with Crippen molar-refractivity contribution in [3.63, 3.8) is 0 Å². The Labute approximate surface area is 115 Å². The molecule has 1 aromatic rings. The van der Waals surface area contributed by atoms with Crippen LogP contribution in [0.15, 0.2) is 18.3 Å². The first-order valence-corrected chi connectivity index (χ1v) is 7.46. The minimum Gasteiger partial charge on any atom is -0.296 e. The van der Waals surface area contributed by atoms with Crippen LogP contribution in [0.25, 0.3) is 0 Å². The number of piperidine rings is 1. The zero-order valence-electron chi connectivity index (χ0n) is 11.4. The first kappa shape index (κ1) is 12.6. The maximum absolute atomic E-state index is 9.15. The molecule has 0 unspecified atom stereocenters. The second-order valence-corrected chi connectivity index (χ2v) is 5.85. The summed E-state index contributed by atoms with van der Waals surface area (Å²) in [6.07, 6.45) is 9.94. The van der Waals surface area contributed by atoms with Crippen molar-refractivity contribution in [3.8, 4) is 6.07 Å². The van der Waals surface area contributed by atoms with E-state index in [1.165, 1.54) is 45.1 Å². The van der Waals surface area contributed by atoms with E-state index in [4.69, 9.17) is 5.26 Å². The van der Waals surface area contributed by atoms with Gasteiger partial charge in [0, 0.05) is 24.3 Å². The van der Waals surface area contributed by atoms with Crippen LogP contribution in [0.2, 0.25) is 0 Å². The second kappa shape index (κ2) is 5.71. The molecule has 3 nitrogen and oxygen atoms in total. The lowest BCUT2D eigenvalue weighted by molar-refractivity contribution is 0.0545. The number of hydrogen-bond acceptors (Lipinski definition) is 3. The van der Waals surface area contributed by atoms with Crippen molar-refractivity contribution >= 4 is 0 Å². The molecule has 2 aliphatic rings. The number of nitrogens with zero attached hydrogens (tertiary/aromatic N) is 3. The first-order valence-electron chi connectivity index (χ1n) is 7.46. The molecule has 19 heavy (non-hydrogen) atoms. The molecule has 3 rings (SSSR count). The van der Waals surface area contributed by atoms with E-state index in [1.54, 1.807) is 6.20 Å². The third kappa shape index (κ3) is 2.64. The number of hydrogen-bond donors (Lipinski definition) is 0. The van der Waals surface area contributed by atoms with Gasteiger partial charge in [0.2, 0.25) is 0 Å². The van der Waals surface area contributed by atoms with Crippen LogP contribution in [-0.4, -0.2) is 22.5 Å². The Morgan fingerprint density at radius 2 is 2.11 bits per heavy atom. The molecule has 1 saturated heterocycles. The van der Waals surface area contributed by atoms with Gasteiger partial charge < -0.3 is 0 Å². The second-order valence-electron chi connectivity index (χ2n) is 5.85. The van der Waals surface area contributed by atoms with Crippen molar-refractivity contribution in [1.82, 2.24) is 9.88 Å². The Morgan fingerprint density at radius 3 is 3.00 bits per heavy atom. The Morgan fingerprint density at radius 1 is 1.26 bits per heavy atom. The summed E-state index contributed by atoms with van der Waals surface area (Å²) in [5.41, 5.74) is 1.69. The number of fused-ring (bicyclic) bond motifs is 1. The number of nitriles is 1. The summed E-state index contributed by atoms with van der Waals surface area (Å²) < 4.78 is 0. The van der Waals surface area contributed by atoms with Crippen molar-refractivity contribution in [3.05, 3.63) is 29.6 Å². The molecular weight excluding hydrogens is 234 g/mol. The van der Waals surface area contributed by atoms with Crippen molar-refractivity contribution < 1.29 is 0 Å². The SMILES string of the molecule is N#Cc1ncccc1CN1CCC[C@H]2CCCC[C@H]21. The topological polar surface area (TPSA) is 39.9 Å². The van der Waals surface area contributed by atoms with Gasteiger partial charge in [-0.1, -0.05) is 18.9 Å². The zero-order valence-corrected chi connectivity index (χ0v) is 11.4. The van der Waals surface area contributed by atoms with Crippen molar-refractivity contribution in [2.75, 3.05) is 6.54 Å². The number of aromatic nitrogens is 1. The third-order valence-electron chi connectivity index (χ3n) is 4.73. The average molecular weight is 255 g/mol. The molecule has 2 heterocycles. The summed E-state index contributed by atoms with van der Waals surface area (Å²) in [5.74, 6) is 0.893. The van der Waals surface area contributed by atoms with Crippen LogP contribution in [0.5, 0.6) is 0 Å². The maximum atomic E-state index is 9.15. The lowest BCUT2D eigenvalue weighted by Gasteiger charge is -2.44. The molecule has 100 valence electrons. The summed E-state index contributed by atoms with van der Waals surface area (Å²) in [6, 6.07) is 6.96. The predicted octanol–water partition coefficient (Wildman–Crippen LogP) is 3.11. The van der Waals surface area contributed by atoms with E-state index < -0.39 is 0 Å². The number of pyridine rings is 1. The monoisotopic (exact) mass is 255 g/mol. The van der Waals surface area contributed by atoms with E-state index >= 15 is 0 Å². The van der Waals surface area contributed by atoms with E-state index in [0.29, 0.717) is 5.69 Å². The van der Waals surface area contributed by atoms with Gasteiger partial charge in [0.1, 0.15) is 11.8 Å². The largest absolute Gasteiger partial charge is 0.296 e. The number of likely N-dealkylation sites (tertiary alicyclic amines) is 1. The van der Waals surface area contributed by atoms with Crippen LogP contribution < -0.4 is 0 Å². The van der Waals surface area contributed by atoms with Crippen molar-refractivity contribution in [1.29, 1.82) is 5.26 Å². The first-order chi connectivity index (χ1) is 9.38. The van der Waals surface area contributed by atoms with Gasteiger partial charge in [-0.15, -0.1) is 0 Å². The van der Waals surface area contributed by atoms with Gasteiger partial charge in [-0.2, -0.15) is 5.26 Å². The smallest absolute Gasteiger partial charge is 0.144 e. The standard InChI is InChI=1S/C16H21N3/c17-11-15-14(6-3-9-18-15)12-19-10-4-7-13-5-1-2-8-16(13)19/h3,6,9,13,16H,1-2,4-5,7-8,10,12H2/t13-,16-/m1/s1. The Bertz CT molecular complexity index is 475. The lowest BCUT2D eigenvalue weighted by atomic mass is 9.78. The van der Waals surface area contributed by atoms with E-state index in [-0.39, 0.29) is 0 Å². The highest BCUT2D eigenvalue weighted by Gasteiger charge is 2.33. The average Bonchev–Trinajstić information content (AvgIpc) is 2.48. The van der Waals surface area contributed by atoms with E-state index in [9.17, 15) is 0 Å². The highest BCUT2D eigenvalue weighted by molar-refractivity contribution is 5.30. The molecule has 2 atom stereocenters. The van der Waals surface area contributed by atoms with Crippen LogP contribution in [0, 0.1) is 17.2 Å². The van der Waals surface area contributed by atoms with E-state index in [1.807, 2.05) is 6.07 Å². The van der Waals surface area contributed by atoms with Crippen LogP contribution in [-0.2, 0) is 6.54 Å². The molecule has 0 radical (unpaired) electrons. The molecule has 0 spiro atoms. The lowest BCUT2D eigenvalue weighted by Crippen LogP contribution is -2.46. The molecule has 0 aromatic carbocycles. The fourth-order valence-electron chi connectivity index (χ4n) is 3.81. The fourth-order valence-corrected chi connectivity index (χ4v) is 3.81. The summed E-state index contributed by atoms with van der Waals surface area (Å²) in [6.45, 7) is 2.08. The van der Waals surface area contributed by atoms with Gasteiger partial charge in [0.25, 0.3) is 0 Å². The molecular formula is C16H21N3. The van der Waals surface area contributed by atoms with Crippen LogP contribution in [0.3, 0.4) is 0 Å². The highest BCUT2D eigenvalue weighted by atomic mass is 15.2. The summed E-state index contributed by atoms with van der Waals surface area (Å²) in [5, 5.41) is 9.15. The highest BCUT2D eigenvalue weighted by Crippen LogP contribution is 2.35. The third-order valence-corrected chi connectivity index (χ3v) is 4.73. The van der Waals surface area contributed by atoms with Crippen LogP contribution >= 0.6 is 0 Å². The van der Waals surface area contributed by atoms with Gasteiger partial charge in [-0.3, -0.25) is 4.90 Å². The molecule has 1 aromatic heterocycles. The van der Waals surface area contributed by atoms with E-state index in [0.717, 1.165) is 24.1 Å². The maximum Gasteiger partial charge on any atom is 0.144 e. The molecule has 3 heteroatoms. The van der Waals surface area contributed by atoms with Crippen molar-refractivity contribution in [2.45, 2.75) is 51.1 Å². The molecule has 0 amide bonds. The van der Waals surface area contributed by atoms with Gasteiger partial charge in [-0.05, 0) is 44.2 Å².